The molecular weight excluding hydrogens is 324 g/mol. The number of nitrogens with one attached hydrogen (secondary N) is 1. The minimum absolute atomic E-state index is 0.170. The summed E-state index contributed by atoms with van der Waals surface area (Å²) in [5.74, 6) is 1.01. The van der Waals surface area contributed by atoms with Gasteiger partial charge in [-0.3, -0.25) is 9.69 Å². The third-order valence-corrected chi connectivity index (χ3v) is 4.53. The lowest BCUT2D eigenvalue weighted by molar-refractivity contribution is -0.109. The highest BCUT2D eigenvalue weighted by molar-refractivity contribution is 7.99. The molecule has 0 aliphatic carbocycles. The van der Waals surface area contributed by atoms with Gasteiger partial charge in [-0.15, -0.1) is 0 Å². The number of carbonyl (C=O) groups excluding carboxylic acids is 1. The Labute approximate surface area is 137 Å². The molecule has 1 fully saturated rings. The van der Waals surface area contributed by atoms with Crippen molar-refractivity contribution in [2.24, 2.45) is 4.99 Å². The molecule has 1 aliphatic heterocycles. The van der Waals surface area contributed by atoms with Gasteiger partial charge in [0.15, 0.2) is 5.82 Å². The summed E-state index contributed by atoms with van der Waals surface area (Å²) < 4.78 is 24.8. The Balaban J connectivity index is 2.01. The van der Waals surface area contributed by atoms with E-state index in [1.165, 1.54) is 11.8 Å². The summed E-state index contributed by atoms with van der Waals surface area (Å²) in [7, 11) is 0. The molecule has 1 aromatic rings. The van der Waals surface area contributed by atoms with E-state index in [1.807, 2.05) is 0 Å². The molecule has 6 nitrogen and oxygen atoms in total. The van der Waals surface area contributed by atoms with E-state index in [0.717, 1.165) is 18.5 Å². The normalized spacial score (nSPS) is 16.5. The zero-order valence-corrected chi connectivity index (χ0v) is 13.4. The SMILES string of the molecule is C=Nc1ncc(C2CCN(CC(F)F)CC2)nc1SCNC=O. The van der Waals surface area contributed by atoms with E-state index < -0.39 is 6.43 Å². The molecule has 1 N–H and O–H groups in total. The van der Waals surface area contributed by atoms with Crippen molar-refractivity contribution in [1.82, 2.24) is 20.2 Å². The quantitative estimate of drug-likeness (QED) is 0.257. The van der Waals surface area contributed by atoms with Crippen molar-refractivity contribution in [1.29, 1.82) is 0 Å². The first-order chi connectivity index (χ1) is 11.1. The van der Waals surface area contributed by atoms with E-state index in [2.05, 4.69) is 27.0 Å². The minimum Gasteiger partial charge on any atom is -0.349 e. The molecule has 0 aromatic carbocycles. The summed E-state index contributed by atoms with van der Waals surface area (Å²) in [5.41, 5.74) is 0.836. The number of halogens is 2. The third-order valence-electron chi connectivity index (χ3n) is 3.67. The molecule has 1 aliphatic rings. The van der Waals surface area contributed by atoms with Gasteiger partial charge in [-0.25, -0.2) is 23.7 Å². The van der Waals surface area contributed by atoms with Gasteiger partial charge in [0.25, 0.3) is 6.43 Å². The van der Waals surface area contributed by atoms with Crippen molar-refractivity contribution in [2.75, 3.05) is 25.5 Å². The Hall–Kier alpha value is -1.61. The Bertz CT molecular complexity index is 538. The Morgan fingerprint density at radius 3 is 2.87 bits per heavy atom. The van der Waals surface area contributed by atoms with Gasteiger partial charge < -0.3 is 5.32 Å². The monoisotopic (exact) mass is 343 g/mol. The van der Waals surface area contributed by atoms with E-state index in [-0.39, 0.29) is 12.5 Å². The molecule has 0 bridgehead atoms. The van der Waals surface area contributed by atoms with Crippen molar-refractivity contribution in [3.8, 4) is 0 Å². The van der Waals surface area contributed by atoms with Crippen LogP contribution in [-0.4, -0.2) is 59.9 Å². The smallest absolute Gasteiger partial charge is 0.251 e. The number of rotatable bonds is 8. The number of aromatic nitrogens is 2. The second-order valence-corrected chi connectivity index (χ2v) is 6.12. The molecular formula is C14H19F2N5OS. The second kappa shape index (κ2) is 8.88. The second-order valence-electron chi connectivity index (χ2n) is 5.16. The molecule has 2 rings (SSSR count). The van der Waals surface area contributed by atoms with Crippen LogP contribution in [0.1, 0.15) is 24.5 Å². The van der Waals surface area contributed by atoms with Gasteiger partial charge in [0.05, 0.1) is 24.3 Å². The molecule has 126 valence electrons. The molecule has 0 radical (unpaired) electrons. The van der Waals surface area contributed by atoms with E-state index in [9.17, 15) is 13.6 Å². The number of alkyl halides is 2. The highest BCUT2D eigenvalue weighted by Gasteiger charge is 2.24. The predicted molar refractivity (Wildman–Crippen MR) is 85.6 cm³/mol. The van der Waals surface area contributed by atoms with Crippen molar-refractivity contribution in [2.45, 2.75) is 30.2 Å². The maximum atomic E-state index is 12.4. The first-order valence-corrected chi connectivity index (χ1v) is 8.26. The fraction of sp³-hybridized carbons (Fsp3) is 0.571. The van der Waals surface area contributed by atoms with Gasteiger partial charge in [-0.1, -0.05) is 11.8 Å². The molecule has 0 saturated carbocycles. The van der Waals surface area contributed by atoms with Crippen molar-refractivity contribution in [3.63, 3.8) is 0 Å². The van der Waals surface area contributed by atoms with Gasteiger partial charge in [0.2, 0.25) is 6.41 Å². The van der Waals surface area contributed by atoms with Gasteiger partial charge in [0.1, 0.15) is 5.03 Å². The van der Waals surface area contributed by atoms with Crippen LogP contribution in [-0.2, 0) is 4.79 Å². The summed E-state index contributed by atoms with van der Waals surface area (Å²) in [5, 5.41) is 3.16. The molecule has 0 atom stereocenters. The van der Waals surface area contributed by atoms with E-state index in [4.69, 9.17) is 0 Å². The highest BCUT2D eigenvalue weighted by atomic mass is 32.2. The lowest BCUT2D eigenvalue weighted by Gasteiger charge is -2.31. The van der Waals surface area contributed by atoms with E-state index in [1.54, 1.807) is 11.1 Å². The number of likely N-dealkylation sites (tertiary alicyclic amines) is 1. The number of carbonyl (C=O) groups is 1. The largest absolute Gasteiger partial charge is 0.349 e. The van der Waals surface area contributed by atoms with Gasteiger partial charge >= 0.3 is 0 Å². The topological polar surface area (TPSA) is 70.5 Å². The first-order valence-electron chi connectivity index (χ1n) is 7.28. The summed E-state index contributed by atoms with van der Waals surface area (Å²) in [6.07, 6.45) is 1.55. The summed E-state index contributed by atoms with van der Waals surface area (Å²) in [4.78, 5) is 24.7. The Kier molecular flexibility index (Phi) is 6.85. The predicted octanol–water partition coefficient (Wildman–Crippen LogP) is 2.05. The minimum atomic E-state index is -2.29. The molecule has 1 aromatic heterocycles. The number of nitrogens with zero attached hydrogens (tertiary/aromatic N) is 4. The van der Waals surface area contributed by atoms with Crippen LogP contribution in [0.4, 0.5) is 14.6 Å². The zero-order chi connectivity index (χ0) is 16.7. The van der Waals surface area contributed by atoms with Crippen molar-refractivity contribution < 1.29 is 13.6 Å². The Morgan fingerprint density at radius 2 is 2.26 bits per heavy atom. The van der Waals surface area contributed by atoms with Crippen LogP contribution >= 0.6 is 11.8 Å². The molecule has 1 amide bonds. The zero-order valence-electron chi connectivity index (χ0n) is 12.6. The lowest BCUT2D eigenvalue weighted by Crippen LogP contribution is -2.36. The van der Waals surface area contributed by atoms with Crippen molar-refractivity contribution >= 4 is 30.7 Å². The summed E-state index contributed by atoms with van der Waals surface area (Å²) in [6.45, 7) is 4.56. The number of amides is 1. The summed E-state index contributed by atoms with van der Waals surface area (Å²) in [6, 6.07) is 0. The average Bonchev–Trinajstić information content (AvgIpc) is 2.55. The number of piperidine rings is 1. The number of thioether (sulfide) groups is 1. The van der Waals surface area contributed by atoms with E-state index in [0.29, 0.717) is 36.2 Å². The van der Waals surface area contributed by atoms with Crippen LogP contribution in [0, 0.1) is 0 Å². The fourth-order valence-corrected chi connectivity index (χ4v) is 3.24. The lowest BCUT2D eigenvalue weighted by atomic mass is 9.94. The summed E-state index contributed by atoms with van der Waals surface area (Å²) >= 11 is 1.32. The number of aliphatic imine (C=N–C) groups is 1. The standard InChI is InChI=1S/C14H19F2N5OS/c1-17-13-14(23-9-18-8-22)20-11(6-19-13)10-2-4-21(5-3-10)7-12(15)16/h6,8,10,12H,1-5,7,9H2,(H,18,22). The third kappa shape index (κ3) is 5.21. The maximum Gasteiger partial charge on any atom is 0.251 e. The van der Waals surface area contributed by atoms with Crippen LogP contribution in [0.2, 0.25) is 0 Å². The Morgan fingerprint density at radius 1 is 1.52 bits per heavy atom. The molecule has 1 saturated heterocycles. The van der Waals surface area contributed by atoms with Crippen LogP contribution in [0.3, 0.4) is 0 Å². The molecule has 9 heteroatoms. The van der Waals surface area contributed by atoms with Crippen molar-refractivity contribution in [3.05, 3.63) is 11.9 Å². The number of hydrogen-bond acceptors (Lipinski definition) is 6. The van der Waals surface area contributed by atoms with Crippen LogP contribution in [0.25, 0.3) is 0 Å². The molecule has 2 heterocycles. The van der Waals surface area contributed by atoms with Crippen LogP contribution in [0.5, 0.6) is 0 Å². The first kappa shape index (κ1) is 17.7. The molecule has 0 spiro atoms. The number of hydrogen-bond donors (Lipinski definition) is 1. The highest BCUT2D eigenvalue weighted by Crippen LogP contribution is 2.31. The molecule has 23 heavy (non-hydrogen) atoms. The van der Waals surface area contributed by atoms with E-state index >= 15 is 0 Å². The maximum absolute atomic E-state index is 12.4. The van der Waals surface area contributed by atoms with Crippen LogP contribution in [0.15, 0.2) is 16.2 Å². The van der Waals surface area contributed by atoms with Gasteiger partial charge in [-0.05, 0) is 32.6 Å². The molecule has 0 unspecified atom stereocenters. The fourth-order valence-electron chi connectivity index (χ4n) is 2.53. The average molecular weight is 343 g/mol. The van der Waals surface area contributed by atoms with Gasteiger partial charge in [0, 0.05) is 5.92 Å². The van der Waals surface area contributed by atoms with Crippen LogP contribution < -0.4 is 5.32 Å². The van der Waals surface area contributed by atoms with Gasteiger partial charge in [-0.2, -0.15) is 0 Å².